The molecular weight excluding hydrogens is 224 g/mol. The van der Waals surface area contributed by atoms with E-state index in [-0.39, 0.29) is 17.8 Å². The van der Waals surface area contributed by atoms with E-state index in [1.54, 1.807) is 0 Å². The number of aliphatic hydroxyl groups is 1. The Morgan fingerprint density at radius 2 is 1.53 bits per heavy atom. The van der Waals surface area contributed by atoms with E-state index >= 15 is 0 Å². The number of hydrogen-bond donors (Lipinski definition) is 1. The standard InChI is InChI=1S/C12H20O5/c1-7-6-10(13)9(12(15)17-3)5-4-8(7)11(14)16-2/h7-10,13H,4-6H2,1-3H3/t7-,8-,9+,10+/m1/s1. The molecule has 5 heteroatoms. The zero-order chi connectivity index (χ0) is 13.0. The average molecular weight is 244 g/mol. The van der Waals surface area contributed by atoms with Crippen molar-refractivity contribution in [1.29, 1.82) is 0 Å². The number of aliphatic hydroxyl groups excluding tert-OH is 1. The van der Waals surface area contributed by atoms with Crippen LogP contribution in [-0.2, 0) is 19.1 Å². The topological polar surface area (TPSA) is 72.8 Å². The van der Waals surface area contributed by atoms with Crippen LogP contribution in [0, 0.1) is 17.8 Å². The first-order valence-corrected chi connectivity index (χ1v) is 5.85. The molecule has 4 atom stereocenters. The molecule has 0 unspecified atom stereocenters. The average Bonchev–Trinajstić information content (AvgIpc) is 2.46. The molecule has 0 aromatic rings. The maximum absolute atomic E-state index is 11.6. The van der Waals surface area contributed by atoms with Crippen molar-refractivity contribution in [3.63, 3.8) is 0 Å². The van der Waals surface area contributed by atoms with Gasteiger partial charge in [-0.2, -0.15) is 0 Å². The normalized spacial score (nSPS) is 33.6. The molecule has 0 aromatic heterocycles. The van der Waals surface area contributed by atoms with Crippen molar-refractivity contribution < 1.29 is 24.2 Å². The van der Waals surface area contributed by atoms with Gasteiger partial charge >= 0.3 is 11.9 Å². The van der Waals surface area contributed by atoms with Crippen molar-refractivity contribution in [3.05, 3.63) is 0 Å². The molecule has 17 heavy (non-hydrogen) atoms. The highest BCUT2D eigenvalue weighted by Gasteiger charge is 2.38. The van der Waals surface area contributed by atoms with Crippen molar-refractivity contribution in [2.24, 2.45) is 17.8 Å². The van der Waals surface area contributed by atoms with E-state index < -0.39 is 18.0 Å². The molecule has 0 heterocycles. The number of carbonyl (C=O) groups excluding carboxylic acids is 2. The number of methoxy groups -OCH3 is 2. The van der Waals surface area contributed by atoms with E-state index in [0.29, 0.717) is 19.3 Å². The number of hydrogen-bond acceptors (Lipinski definition) is 5. The van der Waals surface area contributed by atoms with Crippen LogP contribution in [0.1, 0.15) is 26.2 Å². The van der Waals surface area contributed by atoms with Gasteiger partial charge in [0.05, 0.1) is 32.2 Å². The summed E-state index contributed by atoms with van der Waals surface area (Å²) in [4.78, 5) is 23.0. The van der Waals surface area contributed by atoms with Crippen LogP contribution < -0.4 is 0 Å². The van der Waals surface area contributed by atoms with Crippen LogP contribution in [0.3, 0.4) is 0 Å². The lowest BCUT2D eigenvalue weighted by molar-refractivity contribution is -0.150. The Morgan fingerprint density at radius 3 is 2.06 bits per heavy atom. The lowest BCUT2D eigenvalue weighted by Gasteiger charge is -2.20. The summed E-state index contributed by atoms with van der Waals surface area (Å²) in [6, 6.07) is 0. The lowest BCUT2D eigenvalue weighted by atomic mass is 9.89. The quantitative estimate of drug-likeness (QED) is 0.573. The predicted molar refractivity (Wildman–Crippen MR) is 60.0 cm³/mol. The van der Waals surface area contributed by atoms with E-state index in [9.17, 15) is 14.7 Å². The van der Waals surface area contributed by atoms with Crippen LogP contribution >= 0.6 is 0 Å². The van der Waals surface area contributed by atoms with Crippen molar-refractivity contribution in [2.45, 2.75) is 32.3 Å². The summed E-state index contributed by atoms with van der Waals surface area (Å²) in [5.41, 5.74) is 0. The van der Waals surface area contributed by atoms with Crippen LogP contribution in [0.4, 0.5) is 0 Å². The zero-order valence-corrected chi connectivity index (χ0v) is 10.5. The van der Waals surface area contributed by atoms with Crippen LogP contribution in [0.2, 0.25) is 0 Å². The monoisotopic (exact) mass is 244 g/mol. The van der Waals surface area contributed by atoms with Crippen molar-refractivity contribution in [3.8, 4) is 0 Å². The summed E-state index contributed by atoms with van der Waals surface area (Å²) in [7, 11) is 2.66. The van der Waals surface area contributed by atoms with E-state index in [4.69, 9.17) is 4.74 Å². The molecule has 0 radical (unpaired) electrons. The molecule has 1 N–H and O–H groups in total. The maximum atomic E-state index is 11.6. The lowest BCUT2D eigenvalue weighted by Crippen LogP contribution is -2.29. The maximum Gasteiger partial charge on any atom is 0.311 e. The smallest absolute Gasteiger partial charge is 0.311 e. The molecule has 1 aliphatic carbocycles. The fourth-order valence-corrected chi connectivity index (χ4v) is 2.47. The molecule has 1 fully saturated rings. The second-order valence-electron chi connectivity index (χ2n) is 4.62. The molecule has 1 aliphatic rings. The Labute approximate surface area is 101 Å². The summed E-state index contributed by atoms with van der Waals surface area (Å²) in [6.45, 7) is 1.89. The molecule has 0 aromatic carbocycles. The van der Waals surface area contributed by atoms with Gasteiger partial charge in [0, 0.05) is 0 Å². The number of rotatable bonds is 2. The van der Waals surface area contributed by atoms with Gasteiger partial charge in [-0.1, -0.05) is 6.92 Å². The minimum Gasteiger partial charge on any atom is -0.469 e. The fourth-order valence-electron chi connectivity index (χ4n) is 2.47. The minimum atomic E-state index is -0.743. The van der Waals surface area contributed by atoms with Gasteiger partial charge in [-0.25, -0.2) is 0 Å². The third-order valence-corrected chi connectivity index (χ3v) is 3.56. The van der Waals surface area contributed by atoms with Crippen LogP contribution in [-0.4, -0.2) is 37.4 Å². The summed E-state index contributed by atoms with van der Waals surface area (Å²) < 4.78 is 9.39. The van der Waals surface area contributed by atoms with Gasteiger partial charge < -0.3 is 14.6 Å². The highest BCUT2D eigenvalue weighted by molar-refractivity contribution is 5.74. The van der Waals surface area contributed by atoms with Crippen molar-refractivity contribution in [2.75, 3.05) is 14.2 Å². The Kier molecular flexibility index (Phi) is 4.93. The molecular formula is C12H20O5. The first-order chi connectivity index (χ1) is 8.01. The largest absolute Gasteiger partial charge is 0.469 e. The molecule has 0 spiro atoms. The van der Waals surface area contributed by atoms with E-state index in [0.717, 1.165) is 0 Å². The van der Waals surface area contributed by atoms with Gasteiger partial charge in [-0.3, -0.25) is 9.59 Å². The third kappa shape index (κ3) is 3.19. The first kappa shape index (κ1) is 14.0. The molecule has 1 rings (SSSR count). The molecule has 98 valence electrons. The van der Waals surface area contributed by atoms with Gasteiger partial charge in [0.1, 0.15) is 0 Å². The number of ether oxygens (including phenoxy) is 2. The second kappa shape index (κ2) is 6.00. The molecule has 5 nitrogen and oxygen atoms in total. The Balaban J connectivity index is 2.76. The summed E-state index contributed by atoms with van der Waals surface area (Å²) in [5, 5.41) is 9.94. The Morgan fingerprint density at radius 1 is 1.06 bits per heavy atom. The van der Waals surface area contributed by atoms with Crippen molar-refractivity contribution in [1.82, 2.24) is 0 Å². The van der Waals surface area contributed by atoms with Crippen molar-refractivity contribution >= 4 is 11.9 Å². The molecule has 0 aliphatic heterocycles. The molecule has 0 amide bonds. The highest BCUT2D eigenvalue weighted by Crippen LogP contribution is 2.33. The van der Waals surface area contributed by atoms with Gasteiger partial charge in [-0.15, -0.1) is 0 Å². The van der Waals surface area contributed by atoms with E-state index in [2.05, 4.69) is 4.74 Å². The van der Waals surface area contributed by atoms with Crippen LogP contribution in [0.15, 0.2) is 0 Å². The van der Waals surface area contributed by atoms with E-state index in [1.807, 2.05) is 6.92 Å². The molecule has 0 saturated heterocycles. The van der Waals surface area contributed by atoms with Gasteiger partial charge in [0.15, 0.2) is 0 Å². The van der Waals surface area contributed by atoms with Crippen LogP contribution in [0.25, 0.3) is 0 Å². The molecule has 1 saturated carbocycles. The second-order valence-corrected chi connectivity index (χ2v) is 4.62. The van der Waals surface area contributed by atoms with Crippen LogP contribution in [0.5, 0.6) is 0 Å². The molecule has 0 bridgehead atoms. The third-order valence-electron chi connectivity index (χ3n) is 3.56. The number of esters is 2. The van der Waals surface area contributed by atoms with Gasteiger partial charge in [-0.05, 0) is 25.2 Å². The Hall–Kier alpha value is -1.10. The summed E-state index contributed by atoms with van der Waals surface area (Å²) in [6.07, 6.45) is 0.675. The predicted octanol–water partition coefficient (Wildman–Crippen LogP) is 0.746. The zero-order valence-electron chi connectivity index (χ0n) is 10.5. The highest BCUT2D eigenvalue weighted by atomic mass is 16.5. The summed E-state index contributed by atoms with van der Waals surface area (Å²) in [5.74, 6) is -1.45. The van der Waals surface area contributed by atoms with Gasteiger partial charge in [0.2, 0.25) is 0 Å². The number of carbonyl (C=O) groups is 2. The van der Waals surface area contributed by atoms with E-state index in [1.165, 1.54) is 14.2 Å². The SMILES string of the molecule is COC(=O)[C@H]1CC[C@@H](C(=O)OC)[C@H](C)C[C@@H]1O. The fraction of sp³-hybridized carbons (Fsp3) is 0.833. The first-order valence-electron chi connectivity index (χ1n) is 5.85. The van der Waals surface area contributed by atoms with Gasteiger partial charge in [0.25, 0.3) is 0 Å². The minimum absolute atomic E-state index is 0.00658. The summed E-state index contributed by atoms with van der Waals surface area (Å²) >= 11 is 0. The Bertz CT molecular complexity index is 261.